The summed E-state index contributed by atoms with van der Waals surface area (Å²) in [6.45, 7) is 2.77. The first-order valence-corrected chi connectivity index (χ1v) is 5.60. The van der Waals surface area contributed by atoms with E-state index >= 15 is 0 Å². The summed E-state index contributed by atoms with van der Waals surface area (Å²) in [6.07, 6.45) is 1.24. The molecule has 2 atom stereocenters. The number of halogens is 1. The van der Waals surface area contributed by atoms with Crippen LogP contribution in [0.4, 0.5) is 0 Å². The van der Waals surface area contributed by atoms with E-state index in [1.54, 1.807) is 0 Å². The second kappa shape index (κ2) is 3.70. The van der Waals surface area contributed by atoms with Crippen molar-refractivity contribution in [1.29, 1.82) is 0 Å². The molecule has 0 spiro atoms. The van der Waals surface area contributed by atoms with E-state index in [1.165, 1.54) is 12.0 Å². The van der Waals surface area contributed by atoms with E-state index < -0.39 is 0 Å². The molecule has 1 saturated carbocycles. The van der Waals surface area contributed by atoms with Gasteiger partial charge in [0.25, 0.3) is 0 Å². The first-order valence-electron chi connectivity index (χ1n) is 4.68. The van der Waals surface area contributed by atoms with E-state index in [0.717, 1.165) is 12.4 Å². The van der Waals surface area contributed by atoms with Gasteiger partial charge in [0.1, 0.15) is 5.75 Å². The van der Waals surface area contributed by atoms with E-state index in [1.807, 2.05) is 13.0 Å². The van der Waals surface area contributed by atoms with Gasteiger partial charge in [0.05, 0.1) is 6.61 Å². The Morgan fingerprint density at radius 1 is 1.46 bits per heavy atom. The van der Waals surface area contributed by atoms with Gasteiger partial charge in [-0.2, -0.15) is 0 Å². The van der Waals surface area contributed by atoms with Crippen LogP contribution in [0.15, 0.2) is 24.3 Å². The molecule has 2 heteroatoms. The maximum Gasteiger partial charge on any atom is 0.122 e. The Morgan fingerprint density at radius 2 is 2.15 bits per heavy atom. The van der Waals surface area contributed by atoms with Gasteiger partial charge in [-0.15, -0.1) is 0 Å². The van der Waals surface area contributed by atoms with E-state index in [4.69, 9.17) is 4.74 Å². The molecule has 2 rings (SSSR count). The predicted molar refractivity (Wildman–Crippen MR) is 57.7 cm³/mol. The van der Waals surface area contributed by atoms with Gasteiger partial charge >= 0.3 is 0 Å². The molecule has 1 fully saturated rings. The lowest BCUT2D eigenvalue weighted by Gasteiger charge is -2.08. The van der Waals surface area contributed by atoms with Crippen molar-refractivity contribution in [2.24, 2.45) is 0 Å². The zero-order valence-corrected chi connectivity index (χ0v) is 9.25. The average molecular weight is 241 g/mol. The highest BCUT2D eigenvalue weighted by molar-refractivity contribution is 9.09. The van der Waals surface area contributed by atoms with E-state index in [-0.39, 0.29) is 0 Å². The molecular formula is C11H13BrO. The van der Waals surface area contributed by atoms with Crippen molar-refractivity contribution in [3.05, 3.63) is 29.8 Å². The molecule has 0 radical (unpaired) electrons. The van der Waals surface area contributed by atoms with Crippen LogP contribution in [0.1, 0.15) is 24.8 Å². The van der Waals surface area contributed by atoms with Crippen LogP contribution < -0.4 is 4.74 Å². The minimum Gasteiger partial charge on any atom is -0.494 e. The third-order valence-corrected chi connectivity index (χ3v) is 3.34. The quantitative estimate of drug-likeness (QED) is 0.737. The molecule has 1 aliphatic rings. The second-order valence-electron chi connectivity index (χ2n) is 3.33. The van der Waals surface area contributed by atoms with Gasteiger partial charge in [0.2, 0.25) is 0 Å². The van der Waals surface area contributed by atoms with E-state index in [0.29, 0.717) is 10.7 Å². The first-order chi connectivity index (χ1) is 6.33. The summed E-state index contributed by atoms with van der Waals surface area (Å²) in [5, 5.41) is 0. The molecule has 0 heterocycles. The van der Waals surface area contributed by atoms with Gasteiger partial charge in [-0.1, -0.05) is 34.1 Å². The molecular weight excluding hydrogens is 228 g/mol. The monoisotopic (exact) mass is 240 g/mol. The van der Waals surface area contributed by atoms with Crippen molar-refractivity contribution < 1.29 is 4.74 Å². The molecule has 70 valence electrons. The minimum atomic E-state index is 0.661. The summed E-state index contributed by atoms with van der Waals surface area (Å²) in [6, 6.07) is 8.32. The van der Waals surface area contributed by atoms with Gasteiger partial charge in [-0.25, -0.2) is 0 Å². The number of para-hydroxylation sites is 1. The average Bonchev–Trinajstić information content (AvgIpc) is 2.84. The molecule has 1 nitrogen and oxygen atoms in total. The van der Waals surface area contributed by atoms with Gasteiger partial charge in [-0.05, 0) is 25.0 Å². The molecule has 1 aliphatic carbocycles. The third-order valence-electron chi connectivity index (χ3n) is 2.33. The van der Waals surface area contributed by atoms with Gasteiger partial charge in [0.15, 0.2) is 0 Å². The van der Waals surface area contributed by atoms with Crippen molar-refractivity contribution in [2.45, 2.75) is 24.1 Å². The number of rotatable bonds is 3. The highest BCUT2D eigenvalue weighted by Crippen LogP contribution is 2.49. The summed E-state index contributed by atoms with van der Waals surface area (Å²) in [4.78, 5) is 0.661. The zero-order chi connectivity index (χ0) is 9.26. The Morgan fingerprint density at radius 3 is 2.77 bits per heavy atom. The van der Waals surface area contributed by atoms with Crippen molar-refractivity contribution >= 4 is 15.9 Å². The Bertz CT molecular complexity index is 298. The molecule has 0 aromatic heterocycles. The topological polar surface area (TPSA) is 9.23 Å². The van der Waals surface area contributed by atoms with Crippen LogP contribution >= 0.6 is 15.9 Å². The molecule has 0 unspecified atom stereocenters. The fourth-order valence-corrected chi connectivity index (χ4v) is 2.25. The lowest BCUT2D eigenvalue weighted by molar-refractivity contribution is 0.336. The van der Waals surface area contributed by atoms with Crippen molar-refractivity contribution in [3.8, 4) is 5.75 Å². The minimum absolute atomic E-state index is 0.661. The number of ether oxygens (including phenoxy) is 1. The molecule has 1 aromatic carbocycles. The van der Waals surface area contributed by atoms with Gasteiger partial charge in [-0.3, -0.25) is 0 Å². The van der Waals surface area contributed by atoms with E-state index in [9.17, 15) is 0 Å². The Balaban J connectivity index is 2.22. The van der Waals surface area contributed by atoms with E-state index in [2.05, 4.69) is 34.1 Å². The maximum absolute atomic E-state index is 5.57. The normalized spacial score (nSPS) is 25.7. The van der Waals surface area contributed by atoms with Crippen molar-refractivity contribution in [3.63, 3.8) is 0 Å². The van der Waals surface area contributed by atoms with Crippen LogP contribution in [-0.2, 0) is 0 Å². The number of benzene rings is 1. The zero-order valence-electron chi connectivity index (χ0n) is 7.66. The standard InChI is InChI=1S/C11H13BrO/c1-2-13-11-6-4-3-5-8(11)9-7-10(9)12/h3-6,9-10H,2,7H2,1H3/t9-,10+/m0/s1. The molecule has 0 bridgehead atoms. The molecule has 0 saturated heterocycles. The smallest absolute Gasteiger partial charge is 0.122 e. The summed E-state index contributed by atoms with van der Waals surface area (Å²) in [7, 11) is 0. The van der Waals surface area contributed by atoms with Crippen LogP contribution in [0.2, 0.25) is 0 Å². The van der Waals surface area contributed by atoms with Crippen LogP contribution in [0.5, 0.6) is 5.75 Å². The number of hydrogen-bond donors (Lipinski definition) is 0. The Kier molecular flexibility index (Phi) is 2.58. The maximum atomic E-state index is 5.57. The molecule has 0 amide bonds. The largest absolute Gasteiger partial charge is 0.494 e. The van der Waals surface area contributed by atoms with Crippen LogP contribution in [0, 0.1) is 0 Å². The molecule has 0 aliphatic heterocycles. The fraction of sp³-hybridized carbons (Fsp3) is 0.455. The lowest BCUT2D eigenvalue weighted by atomic mass is 10.1. The fourth-order valence-electron chi connectivity index (χ4n) is 1.56. The first kappa shape index (κ1) is 9.07. The van der Waals surface area contributed by atoms with Crippen LogP contribution in [0.25, 0.3) is 0 Å². The van der Waals surface area contributed by atoms with Crippen molar-refractivity contribution in [1.82, 2.24) is 0 Å². The Labute approximate surface area is 87.2 Å². The third kappa shape index (κ3) is 1.88. The summed E-state index contributed by atoms with van der Waals surface area (Å²) in [5.74, 6) is 1.72. The summed E-state index contributed by atoms with van der Waals surface area (Å²) < 4.78 is 5.57. The lowest BCUT2D eigenvalue weighted by Crippen LogP contribution is -1.95. The Hall–Kier alpha value is -0.500. The number of hydrogen-bond acceptors (Lipinski definition) is 1. The molecule has 13 heavy (non-hydrogen) atoms. The predicted octanol–water partition coefficient (Wildman–Crippen LogP) is 3.34. The SMILES string of the molecule is CCOc1ccccc1[C@@H]1C[C@H]1Br. The second-order valence-corrected chi connectivity index (χ2v) is 4.51. The van der Waals surface area contributed by atoms with Gasteiger partial charge < -0.3 is 4.74 Å². The summed E-state index contributed by atoms with van der Waals surface area (Å²) >= 11 is 3.61. The highest BCUT2D eigenvalue weighted by Gasteiger charge is 2.37. The van der Waals surface area contributed by atoms with Crippen molar-refractivity contribution in [2.75, 3.05) is 6.61 Å². The summed E-state index contributed by atoms with van der Waals surface area (Å²) in [5.41, 5.74) is 1.35. The number of alkyl halides is 1. The van der Waals surface area contributed by atoms with Gasteiger partial charge in [0, 0.05) is 10.7 Å². The van der Waals surface area contributed by atoms with Crippen LogP contribution in [0.3, 0.4) is 0 Å². The molecule has 1 aromatic rings. The van der Waals surface area contributed by atoms with Crippen LogP contribution in [-0.4, -0.2) is 11.4 Å². The molecule has 0 N–H and O–H groups in total. The highest BCUT2D eigenvalue weighted by atomic mass is 79.9.